The first-order valence-corrected chi connectivity index (χ1v) is 14.1. The Morgan fingerprint density at radius 3 is 2.77 bits per heavy atom. The topological polar surface area (TPSA) is 112 Å². The van der Waals surface area contributed by atoms with Gasteiger partial charge < -0.3 is 19.3 Å². The van der Waals surface area contributed by atoms with E-state index in [2.05, 4.69) is 11.9 Å². The standard InChI is InChI=1S/C31H37NO7/c1-4-6-25-38-30-12-13-31(39-25,24(35)18-37-27(36)19-7-5-14-32-17-19)29(30,3)16-23(34)26-22(30)9-8-20-15-21(33)10-11-28(20,26)2/h4-7,14-15,17,22-23,25-26,34H,8-13,16,18H2,1-3H3. The number of esters is 1. The minimum atomic E-state index is -1.27. The minimum absolute atomic E-state index is 0.00845. The number of aliphatic hydroxyl groups excluding tert-OH is 1. The summed E-state index contributed by atoms with van der Waals surface area (Å²) in [5.41, 5.74) is -1.67. The van der Waals surface area contributed by atoms with Crippen molar-refractivity contribution in [3.05, 3.63) is 53.9 Å². The van der Waals surface area contributed by atoms with Crippen LogP contribution >= 0.6 is 0 Å². The predicted octanol–water partition coefficient (Wildman–Crippen LogP) is 4.12. The summed E-state index contributed by atoms with van der Waals surface area (Å²) in [6.07, 6.45) is 11.2. The van der Waals surface area contributed by atoms with E-state index >= 15 is 0 Å². The number of Topliss-reactive ketones (excluding diaryl/α,β-unsaturated/α-hetero) is 1. The van der Waals surface area contributed by atoms with Gasteiger partial charge in [-0.25, -0.2) is 4.79 Å². The third-order valence-corrected chi connectivity index (χ3v) is 10.8. The number of aromatic nitrogens is 1. The predicted molar refractivity (Wildman–Crippen MR) is 140 cm³/mol. The normalized spacial score (nSPS) is 42.8. The lowest BCUT2D eigenvalue weighted by Crippen LogP contribution is -2.74. The number of carbonyl (C=O) groups excluding carboxylic acids is 3. The Morgan fingerprint density at radius 1 is 1.21 bits per heavy atom. The van der Waals surface area contributed by atoms with E-state index in [1.54, 1.807) is 18.3 Å². The van der Waals surface area contributed by atoms with Gasteiger partial charge in [-0.3, -0.25) is 14.6 Å². The summed E-state index contributed by atoms with van der Waals surface area (Å²) in [5.74, 6) is -0.855. The molecule has 3 saturated carbocycles. The van der Waals surface area contributed by atoms with Crippen molar-refractivity contribution in [2.45, 2.75) is 89.3 Å². The second-order valence-electron chi connectivity index (χ2n) is 12.4. The minimum Gasteiger partial charge on any atom is -0.454 e. The fourth-order valence-electron chi connectivity index (χ4n) is 9.05. The maximum absolute atomic E-state index is 14.1. The molecule has 8 heteroatoms. The summed E-state index contributed by atoms with van der Waals surface area (Å²) >= 11 is 0. The molecule has 4 fully saturated rings. The van der Waals surface area contributed by atoms with Gasteiger partial charge in [0.2, 0.25) is 5.78 Å². The van der Waals surface area contributed by atoms with Gasteiger partial charge in [0.15, 0.2) is 18.7 Å². The van der Waals surface area contributed by atoms with Crippen LogP contribution in [0.1, 0.15) is 76.1 Å². The van der Waals surface area contributed by atoms with Crippen LogP contribution in [-0.2, 0) is 23.8 Å². The van der Waals surface area contributed by atoms with Gasteiger partial charge in [-0.2, -0.15) is 0 Å². The number of ether oxygens (including phenoxy) is 3. The molecular formula is C31H37NO7. The van der Waals surface area contributed by atoms with Gasteiger partial charge in [0.25, 0.3) is 0 Å². The molecule has 2 bridgehead atoms. The fourth-order valence-corrected chi connectivity index (χ4v) is 9.05. The summed E-state index contributed by atoms with van der Waals surface area (Å²) in [7, 11) is 0. The van der Waals surface area contributed by atoms with Gasteiger partial charge in [0.05, 0.1) is 17.3 Å². The van der Waals surface area contributed by atoms with Crippen molar-refractivity contribution in [1.82, 2.24) is 4.98 Å². The van der Waals surface area contributed by atoms with Crippen molar-refractivity contribution in [2.75, 3.05) is 6.61 Å². The first-order valence-electron chi connectivity index (χ1n) is 14.1. The molecule has 0 aromatic carbocycles. The molecule has 8 unspecified atom stereocenters. The Hall–Kier alpha value is -2.68. The van der Waals surface area contributed by atoms with Crippen LogP contribution in [0.3, 0.4) is 0 Å². The molecule has 6 rings (SSSR count). The summed E-state index contributed by atoms with van der Waals surface area (Å²) in [5, 5.41) is 11.8. The van der Waals surface area contributed by atoms with Gasteiger partial charge in [0, 0.05) is 24.2 Å². The van der Waals surface area contributed by atoms with Crippen LogP contribution < -0.4 is 0 Å². The number of ketones is 2. The fraction of sp³-hybridized carbons (Fsp3) is 0.613. The van der Waals surface area contributed by atoms with Gasteiger partial charge in [0.1, 0.15) is 5.60 Å². The molecule has 1 N–H and O–H groups in total. The molecule has 0 spiro atoms. The maximum Gasteiger partial charge on any atom is 0.340 e. The number of rotatable bonds is 5. The van der Waals surface area contributed by atoms with E-state index < -0.39 is 41.6 Å². The van der Waals surface area contributed by atoms with E-state index in [0.717, 1.165) is 18.4 Å². The summed E-state index contributed by atoms with van der Waals surface area (Å²) in [6, 6.07) is 3.23. The summed E-state index contributed by atoms with van der Waals surface area (Å²) in [6.45, 7) is 5.66. The van der Waals surface area contributed by atoms with Crippen LogP contribution in [0.5, 0.6) is 0 Å². The number of pyridine rings is 1. The number of hydrogen-bond donors (Lipinski definition) is 1. The van der Waals surface area contributed by atoms with E-state index in [1.165, 1.54) is 6.20 Å². The second-order valence-corrected chi connectivity index (χ2v) is 12.4. The number of aliphatic hydroxyl groups is 1. The molecule has 208 valence electrons. The lowest BCUT2D eigenvalue weighted by Gasteiger charge is -2.67. The molecule has 5 aliphatic rings. The van der Waals surface area contributed by atoms with Crippen LogP contribution in [0.4, 0.5) is 0 Å². The SMILES string of the molecule is CC=CC1OC2(C(=O)COC(=O)c3cccnc3)CCC3(O1)C1CCC4=CC(=O)CCC4(C)C1C(O)CC23C. The Morgan fingerprint density at radius 2 is 2.03 bits per heavy atom. The highest BCUT2D eigenvalue weighted by Crippen LogP contribution is 2.73. The number of nitrogens with zero attached hydrogens (tertiary/aromatic N) is 1. The van der Waals surface area contributed by atoms with Crippen molar-refractivity contribution < 1.29 is 33.7 Å². The smallest absolute Gasteiger partial charge is 0.340 e. The Balaban J connectivity index is 1.37. The highest BCUT2D eigenvalue weighted by atomic mass is 16.7. The number of carbonyl (C=O) groups is 3. The molecule has 0 radical (unpaired) electrons. The van der Waals surface area contributed by atoms with E-state index in [0.29, 0.717) is 32.1 Å². The van der Waals surface area contributed by atoms with Crippen LogP contribution in [0.15, 0.2) is 48.3 Å². The lowest BCUT2D eigenvalue weighted by atomic mass is 9.43. The highest BCUT2D eigenvalue weighted by molar-refractivity contribution is 5.95. The molecule has 39 heavy (non-hydrogen) atoms. The Kier molecular flexibility index (Phi) is 6.25. The van der Waals surface area contributed by atoms with Crippen LogP contribution in [-0.4, -0.2) is 57.8 Å². The zero-order chi connectivity index (χ0) is 27.6. The number of fused-ring (bicyclic) bond motifs is 3. The largest absolute Gasteiger partial charge is 0.454 e. The molecule has 8 atom stereocenters. The quantitative estimate of drug-likeness (QED) is 0.443. The molecular weight excluding hydrogens is 498 g/mol. The molecule has 0 amide bonds. The number of hydrogen-bond acceptors (Lipinski definition) is 8. The van der Waals surface area contributed by atoms with E-state index in [1.807, 2.05) is 32.1 Å². The lowest BCUT2D eigenvalue weighted by molar-refractivity contribution is -0.365. The zero-order valence-corrected chi connectivity index (χ0v) is 22.9. The molecule has 1 aromatic heterocycles. The van der Waals surface area contributed by atoms with Crippen LogP contribution in [0.25, 0.3) is 0 Å². The maximum atomic E-state index is 14.1. The molecule has 1 aliphatic heterocycles. The average Bonchev–Trinajstić information content (AvgIpc) is 3.04. The summed E-state index contributed by atoms with van der Waals surface area (Å²) in [4.78, 5) is 43.0. The van der Waals surface area contributed by atoms with Gasteiger partial charge >= 0.3 is 5.97 Å². The van der Waals surface area contributed by atoms with E-state index in [4.69, 9.17) is 14.2 Å². The van der Waals surface area contributed by atoms with Crippen molar-refractivity contribution in [3.8, 4) is 0 Å². The molecule has 8 nitrogen and oxygen atoms in total. The molecule has 4 aliphatic carbocycles. The third kappa shape index (κ3) is 3.60. The van der Waals surface area contributed by atoms with Crippen molar-refractivity contribution in [3.63, 3.8) is 0 Å². The molecule has 2 heterocycles. The third-order valence-electron chi connectivity index (χ3n) is 10.8. The first kappa shape index (κ1) is 26.5. The van der Waals surface area contributed by atoms with Crippen molar-refractivity contribution in [2.24, 2.45) is 22.7 Å². The highest BCUT2D eigenvalue weighted by Gasteiger charge is 2.79. The van der Waals surface area contributed by atoms with Gasteiger partial charge in [-0.05, 0) is 87.0 Å². The summed E-state index contributed by atoms with van der Waals surface area (Å²) < 4.78 is 18.9. The number of allylic oxidation sites excluding steroid dienone is 2. The average molecular weight is 536 g/mol. The van der Waals surface area contributed by atoms with E-state index in [-0.39, 0.29) is 34.4 Å². The van der Waals surface area contributed by atoms with Crippen LogP contribution in [0, 0.1) is 22.7 Å². The first-order chi connectivity index (χ1) is 18.6. The molecule has 1 aromatic rings. The second kappa shape index (κ2) is 9.18. The van der Waals surface area contributed by atoms with Gasteiger partial charge in [-0.1, -0.05) is 25.5 Å². The van der Waals surface area contributed by atoms with Crippen molar-refractivity contribution in [1.29, 1.82) is 0 Å². The monoisotopic (exact) mass is 535 g/mol. The van der Waals surface area contributed by atoms with Gasteiger partial charge in [-0.15, -0.1) is 0 Å². The molecule has 1 saturated heterocycles. The Bertz CT molecular complexity index is 1260. The van der Waals surface area contributed by atoms with Crippen LogP contribution in [0.2, 0.25) is 0 Å². The Labute approximate surface area is 228 Å². The zero-order valence-electron chi connectivity index (χ0n) is 22.9. The van der Waals surface area contributed by atoms with E-state index in [9.17, 15) is 19.5 Å². The van der Waals surface area contributed by atoms with Crippen molar-refractivity contribution >= 4 is 17.5 Å².